The van der Waals surface area contributed by atoms with E-state index in [2.05, 4.69) is 5.32 Å². The lowest BCUT2D eigenvalue weighted by molar-refractivity contribution is -0.142. The Morgan fingerprint density at radius 2 is 1.74 bits per heavy atom. The summed E-state index contributed by atoms with van der Waals surface area (Å²) in [6.07, 6.45) is 1.82. The molecule has 0 aliphatic rings. The van der Waals surface area contributed by atoms with Crippen LogP contribution < -0.4 is 5.32 Å². The van der Waals surface area contributed by atoms with Gasteiger partial charge in [-0.3, -0.25) is 4.79 Å². The van der Waals surface area contributed by atoms with Gasteiger partial charge in [-0.15, -0.1) is 0 Å². The quantitative estimate of drug-likeness (QED) is 0.755. The number of amides is 1. The lowest BCUT2D eigenvalue weighted by Crippen LogP contribution is -2.46. The molecule has 2 unspecified atom stereocenters. The lowest BCUT2D eigenvalue weighted by Gasteiger charge is -2.22. The molecule has 0 radical (unpaired) electrons. The van der Waals surface area contributed by atoms with E-state index in [1.807, 2.05) is 20.8 Å². The molecule has 0 aromatic heterocycles. The zero-order chi connectivity index (χ0) is 15.4. The van der Waals surface area contributed by atoms with E-state index in [1.165, 1.54) is 6.92 Å². The van der Waals surface area contributed by atoms with Crippen LogP contribution in [0.5, 0.6) is 0 Å². The normalized spacial score (nSPS) is 15.6. The minimum atomic E-state index is -3.52. The monoisotopic (exact) mass is 293 g/mol. The van der Waals surface area contributed by atoms with Crippen molar-refractivity contribution in [1.29, 1.82) is 0 Å². The summed E-state index contributed by atoms with van der Waals surface area (Å²) < 4.78 is 22.5. The lowest BCUT2D eigenvalue weighted by atomic mass is 9.88. The van der Waals surface area contributed by atoms with Crippen molar-refractivity contribution in [2.75, 3.05) is 6.26 Å². The number of carbonyl (C=O) groups excluding carboxylic acids is 1. The van der Waals surface area contributed by atoms with Gasteiger partial charge in [0.2, 0.25) is 5.91 Å². The second-order valence-corrected chi connectivity index (χ2v) is 8.34. The molecule has 0 aromatic carbocycles. The maximum absolute atomic E-state index is 11.7. The fourth-order valence-corrected chi connectivity index (χ4v) is 1.78. The molecule has 0 bridgehead atoms. The summed E-state index contributed by atoms with van der Waals surface area (Å²) in [6.45, 7) is 7.14. The highest BCUT2D eigenvalue weighted by molar-refractivity contribution is 7.92. The number of hydrogen-bond donors (Lipinski definition) is 2. The summed E-state index contributed by atoms with van der Waals surface area (Å²) >= 11 is 0. The highest BCUT2D eigenvalue weighted by Gasteiger charge is 2.28. The third-order valence-electron chi connectivity index (χ3n) is 2.81. The number of carboxylic acids is 1. The summed E-state index contributed by atoms with van der Waals surface area (Å²) in [5.74, 6) is -1.93. The summed E-state index contributed by atoms with van der Waals surface area (Å²) in [5.41, 5.74) is -0.0547. The zero-order valence-corrected chi connectivity index (χ0v) is 12.9. The van der Waals surface area contributed by atoms with Gasteiger partial charge in [-0.05, 0) is 25.2 Å². The Morgan fingerprint density at radius 1 is 1.26 bits per heavy atom. The number of carbonyl (C=O) groups is 2. The van der Waals surface area contributed by atoms with Gasteiger partial charge >= 0.3 is 5.97 Å². The van der Waals surface area contributed by atoms with Crippen molar-refractivity contribution in [3.05, 3.63) is 0 Å². The molecule has 0 saturated heterocycles. The van der Waals surface area contributed by atoms with E-state index in [0.717, 1.165) is 6.26 Å². The third-order valence-corrected chi connectivity index (χ3v) is 4.31. The van der Waals surface area contributed by atoms with E-state index in [1.54, 1.807) is 0 Å². The van der Waals surface area contributed by atoms with Gasteiger partial charge < -0.3 is 10.4 Å². The van der Waals surface area contributed by atoms with E-state index in [-0.39, 0.29) is 11.8 Å². The second-order valence-electron chi connectivity index (χ2n) is 5.97. The van der Waals surface area contributed by atoms with E-state index in [9.17, 15) is 18.0 Å². The van der Waals surface area contributed by atoms with Crippen LogP contribution in [0.3, 0.4) is 0 Å². The van der Waals surface area contributed by atoms with Crippen LogP contribution in [-0.4, -0.2) is 42.9 Å². The smallest absolute Gasteiger partial charge is 0.326 e. The molecule has 0 rings (SSSR count). The predicted molar refractivity (Wildman–Crippen MR) is 72.6 cm³/mol. The average molecular weight is 293 g/mol. The molecular weight excluding hydrogens is 270 g/mol. The Hall–Kier alpha value is -1.11. The first-order chi connectivity index (χ1) is 8.34. The molecule has 0 spiro atoms. The van der Waals surface area contributed by atoms with Crippen molar-refractivity contribution in [2.24, 2.45) is 5.41 Å². The molecule has 0 aromatic rings. The van der Waals surface area contributed by atoms with Crippen molar-refractivity contribution in [1.82, 2.24) is 5.32 Å². The topological polar surface area (TPSA) is 101 Å². The van der Waals surface area contributed by atoms with Gasteiger partial charge in [-0.25, -0.2) is 13.2 Å². The largest absolute Gasteiger partial charge is 0.480 e. The maximum atomic E-state index is 11.7. The molecule has 0 aliphatic carbocycles. The minimum absolute atomic E-state index is 0.0547. The van der Waals surface area contributed by atoms with Gasteiger partial charge in [-0.2, -0.15) is 0 Å². The van der Waals surface area contributed by atoms with Crippen molar-refractivity contribution in [3.63, 3.8) is 0 Å². The van der Waals surface area contributed by atoms with Crippen LogP contribution in [0.25, 0.3) is 0 Å². The van der Waals surface area contributed by atoms with Crippen LogP contribution in [0, 0.1) is 5.41 Å². The fraction of sp³-hybridized carbons (Fsp3) is 0.833. The first-order valence-electron chi connectivity index (χ1n) is 6.06. The van der Waals surface area contributed by atoms with Crippen LogP contribution in [0.4, 0.5) is 0 Å². The fourth-order valence-electron chi connectivity index (χ4n) is 1.32. The Labute approximate surface area is 114 Å². The molecule has 2 atom stereocenters. The van der Waals surface area contributed by atoms with Gasteiger partial charge in [0, 0.05) is 6.26 Å². The van der Waals surface area contributed by atoms with Gasteiger partial charge in [0.15, 0.2) is 9.84 Å². The maximum Gasteiger partial charge on any atom is 0.326 e. The molecule has 0 fully saturated rings. The number of aliphatic carboxylic acids is 1. The number of rotatable bonds is 6. The number of hydrogen-bond acceptors (Lipinski definition) is 4. The molecule has 19 heavy (non-hydrogen) atoms. The summed E-state index contributed by atoms with van der Waals surface area (Å²) in [4.78, 5) is 22.7. The third kappa shape index (κ3) is 7.15. The highest BCUT2D eigenvalue weighted by atomic mass is 32.2. The second kappa shape index (κ2) is 6.36. The van der Waals surface area contributed by atoms with Crippen molar-refractivity contribution in [3.8, 4) is 0 Å². The van der Waals surface area contributed by atoms with Crippen LogP contribution in [-0.2, 0) is 19.4 Å². The number of sulfone groups is 1. The summed E-state index contributed by atoms with van der Waals surface area (Å²) in [6, 6.07) is -1.06. The van der Waals surface area contributed by atoms with Crippen LogP contribution in [0.1, 0.15) is 40.5 Å². The predicted octanol–water partition coefficient (Wildman–Crippen LogP) is 0.815. The van der Waals surface area contributed by atoms with E-state index < -0.39 is 33.0 Å². The Kier molecular flexibility index (Phi) is 5.99. The number of nitrogens with one attached hydrogen (secondary N) is 1. The molecular formula is C12H23NO5S. The van der Waals surface area contributed by atoms with E-state index >= 15 is 0 Å². The molecule has 0 saturated carbocycles. The molecule has 7 heteroatoms. The molecule has 1 amide bonds. The summed E-state index contributed by atoms with van der Waals surface area (Å²) in [5, 5.41) is 10.1. The molecule has 6 nitrogen and oxygen atoms in total. The zero-order valence-electron chi connectivity index (χ0n) is 12.1. The average Bonchev–Trinajstić information content (AvgIpc) is 2.19. The molecule has 112 valence electrons. The van der Waals surface area contributed by atoms with Crippen LogP contribution >= 0.6 is 0 Å². The highest BCUT2D eigenvalue weighted by Crippen LogP contribution is 2.21. The van der Waals surface area contributed by atoms with Gasteiger partial charge in [0.25, 0.3) is 0 Å². The molecule has 0 heterocycles. The van der Waals surface area contributed by atoms with Gasteiger partial charge in [0.05, 0.1) is 0 Å². The Bertz CT molecular complexity index is 436. The summed E-state index contributed by atoms with van der Waals surface area (Å²) in [7, 11) is -3.52. The van der Waals surface area contributed by atoms with Crippen molar-refractivity contribution in [2.45, 2.75) is 51.8 Å². The van der Waals surface area contributed by atoms with Gasteiger partial charge in [0.1, 0.15) is 11.3 Å². The van der Waals surface area contributed by atoms with E-state index in [0.29, 0.717) is 6.42 Å². The van der Waals surface area contributed by atoms with E-state index in [4.69, 9.17) is 5.11 Å². The van der Waals surface area contributed by atoms with Crippen LogP contribution in [0.15, 0.2) is 0 Å². The Balaban J connectivity index is 4.69. The minimum Gasteiger partial charge on any atom is -0.480 e. The van der Waals surface area contributed by atoms with Gasteiger partial charge in [-0.1, -0.05) is 20.8 Å². The van der Waals surface area contributed by atoms with Crippen LogP contribution in [0.2, 0.25) is 0 Å². The molecule has 2 N–H and O–H groups in total. The van der Waals surface area contributed by atoms with Crippen molar-refractivity contribution >= 4 is 21.7 Å². The van der Waals surface area contributed by atoms with Crippen molar-refractivity contribution < 1.29 is 23.1 Å². The SMILES string of the molecule is CC(C(=O)NC(CCC(C)(C)C)C(=O)O)S(C)(=O)=O. The standard InChI is InChI=1S/C12H23NO5S/c1-8(19(5,17)18)10(14)13-9(11(15)16)6-7-12(2,3)4/h8-9H,6-7H2,1-5H3,(H,13,14)(H,15,16). The first-order valence-corrected chi connectivity index (χ1v) is 8.02. The molecule has 0 aliphatic heterocycles. The Morgan fingerprint density at radius 3 is 2.05 bits per heavy atom. The first kappa shape index (κ1) is 17.9. The number of carboxylic acid groups (broad SMARTS) is 1.